The lowest BCUT2D eigenvalue weighted by Crippen LogP contribution is -2.19. The minimum absolute atomic E-state index is 0.169. The van der Waals surface area contributed by atoms with Crippen LogP contribution < -0.4 is 10.1 Å². The van der Waals surface area contributed by atoms with Gasteiger partial charge in [-0.15, -0.1) is 0 Å². The lowest BCUT2D eigenvalue weighted by molar-refractivity contribution is 0.394. The highest BCUT2D eigenvalue weighted by atomic mass is 16.5. The topological polar surface area (TPSA) is 47.3 Å². The molecule has 1 aromatic heterocycles. The molecule has 0 bridgehead atoms. The lowest BCUT2D eigenvalue weighted by Gasteiger charge is -2.17. The second-order valence-corrected chi connectivity index (χ2v) is 4.71. The van der Waals surface area contributed by atoms with Gasteiger partial charge in [0.05, 0.1) is 19.9 Å². The van der Waals surface area contributed by atoms with Crippen LogP contribution in [0.1, 0.15) is 35.7 Å². The van der Waals surface area contributed by atoms with Gasteiger partial charge in [-0.1, -0.05) is 17.7 Å². The molecule has 1 unspecified atom stereocenters. The number of rotatable bonds is 5. The van der Waals surface area contributed by atoms with Crippen LogP contribution in [0, 0.1) is 13.8 Å². The summed E-state index contributed by atoms with van der Waals surface area (Å²) in [6.45, 7) is 6.68. The van der Waals surface area contributed by atoms with Gasteiger partial charge in [-0.2, -0.15) is 0 Å². The minimum Gasteiger partial charge on any atom is -0.496 e. The van der Waals surface area contributed by atoms with Crippen molar-refractivity contribution in [3.05, 3.63) is 47.2 Å². The van der Waals surface area contributed by atoms with E-state index in [1.165, 1.54) is 5.56 Å². The quantitative estimate of drug-likeness (QED) is 0.897. The van der Waals surface area contributed by atoms with Crippen LogP contribution in [0.2, 0.25) is 0 Å². The van der Waals surface area contributed by atoms with Crippen molar-refractivity contribution in [2.24, 2.45) is 0 Å². The van der Waals surface area contributed by atoms with Crippen LogP contribution in [0.3, 0.4) is 0 Å². The molecule has 2 rings (SSSR count). The molecule has 0 fully saturated rings. The molecule has 1 aromatic carbocycles. The van der Waals surface area contributed by atoms with Crippen LogP contribution in [0.5, 0.6) is 5.75 Å². The van der Waals surface area contributed by atoms with E-state index in [0.29, 0.717) is 12.4 Å². The van der Waals surface area contributed by atoms with E-state index in [0.717, 1.165) is 17.1 Å². The van der Waals surface area contributed by atoms with Gasteiger partial charge >= 0.3 is 0 Å². The van der Waals surface area contributed by atoms with Gasteiger partial charge in [0.2, 0.25) is 5.89 Å². The summed E-state index contributed by atoms with van der Waals surface area (Å²) in [5.74, 6) is 2.43. The fourth-order valence-corrected chi connectivity index (χ4v) is 2.03. The van der Waals surface area contributed by atoms with E-state index in [1.54, 1.807) is 13.3 Å². The first kappa shape index (κ1) is 13.6. The second-order valence-electron chi connectivity index (χ2n) is 4.71. The average Bonchev–Trinajstić information content (AvgIpc) is 2.81. The molecule has 102 valence electrons. The van der Waals surface area contributed by atoms with E-state index in [1.807, 2.05) is 19.1 Å². The van der Waals surface area contributed by atoms with Crippen LogP contribution in [0.25, 0.3) is 0 Å². The number of methoxy groups -OCH3 is 1. The summed E-state index contributed by atoms with van der Waals surface area (Å²) < 4.78 is 10.8. The van der Waals surface area contributed by atoms with Crippen molar-refractivity contribution in [2.75, 3.05) is 7.11 Å². The third kappa shape index (κ3) is 3.35. The van der Waals surface area contributed by atoms with Gasteiger partial charge in [-0.05, 0) is 26.8 Å². The summed E-state index contributed by atoms with van der Waals surface area (Å²) in [5.41, 5.74) is 2.36. The number of ether oxygens (including phenoxy) is 1. The van der Waals surface area contributed by atoms with Crippen LogP contribution in [-0.2, 0) is 6.54 Å². The first-order valence-electron chi connectivity index (χ1n) is 6.39. The summed E-state index contributed by atoms with van der Waals surface area (Å²) in [6.07, 6.45) is 1.73. The normalized spacial score (nSPS) is 12.4. The van der Waals surface area contributed by atoms with Crippen molar-refractivity contribution in [3.8, 4) is 5.75 Å². The Labute approximate surface area is 113 Å². The maximum Gasteiger partial charge on any atom is 0.208 e. The number of oxazole rings is 1. The molecule has 0 radical (unpaired) electrons. The molecule has 0 aliphatic carbocycles. The smallest absolute Gasteiger partial charge is 0.208 e. The van der Waals surface area contributed by atoms with Gasteiger partial charge in [-0.25, -0.2) is 4.98 Å². The maximum absolute atomic E-state index is 5.45. The zero-order valence-electron chi connectivity index (χ0n) is 11.9. The number of aromatic nitrogens is 1. The highest BCUT2D eigenvalue weighted by Crippen LogP contribution is 2.26. The van der Waals surface area contributed by atoms with E-state index < -0.39 is 0 Å². The Kier molecular flexibility index (Phi) is 4.22. The second kappa shape index (κ2) is 5.89. The molecular formula is C15H20N2O2. The lowest BCUT2D eigenvalue weighted by atomic mass is 10.0. The molecule has 0 aliphatic rings. The van der Waals surface area contributed by atoms with E-state index in [2.05, 4.69) is 30.2 Å². The van der Waals surface area contributed by atoms with E-state index in [9.17, 15) is 0 Å². The van der Waals surface area contributed by atoms with Crippen molar-refractivity contribution in [1.29, 1.82) is 0 Å². The summed E-state index contributed by atoms with van der Waals surface area (Å²) in [6, 6.07) is 6.35. The Morgan fingerprint density at radius 3 is 2.79 bits per heavy atom. The molecule has 0 saturated carbocycles. The van der Waals surface area contributed by atoms with Crippen molar-refractivity contribution in [1.82, 2.24) is 10.3 Å². The van der Waals surface area contributed by atoms with E-state index >= 15 is 0 Å². The zero-order chi connectivity index (χ0) is 13.8. The molecule has 4 nitrogen and oxygen atoms in total. The number of benzene rings is 1. The molecule has 1 N–H and O–H groups in total. The molecule has 0 saturated heterocycles. The Morgan fingerprint density at radius 1 is 1.37 bits per heavy atom. The van der Waals surface area contributed by atoms with Crippen molar-refractivity contribution in [2.45, 2.75) is 33.4 Å². The molecule has 1 heterocycles. The van der Waals surface area contributed by atoms with Crippen LogP contribution >= 0.6 is 0 Å². The van der Waals surface area contributed by atoms with Crippen molar-refractivity contribution < 1.29 is 9.15 Å². The predicted octanol–water partition coefficient (Wildman–Crippen LogP) is 3.15. The number of aryl methyl sites for hydroxylation is 2. The summed E-state index contributed by atoms with van der Waals surface area (Å²) >= 11 is 0. The fraction of sp³-hybridized carbons (Fsp3) is 0.400. The fourth-order valence-electron chi connectivity index (χ4n) is 2.03. The van der Waals surface area contributed by atoms with Crippen LogP contribution in [0.4, 0.5) is 0 Å². The molecule has 19 heavy (non-hydrogen) atoms. The minimum atomic E-state index is 0.169. The van der Waals surface area contributed by atoms with Crippen molar-refractivity contribution >= 4 is 0 Å². The average molecular weight is 260 g/mol. The highest BCUT2D eigenvalue weighted by molar-refractivity contribution is 5.38. The van der Waals surface area contributed by atoms with Crippen molar-refractivity contribution in [3.63, 3.8) is 0 Å². The molecule has 4 heteroatoms. The van der Waals surface area contributed by atoms with Gasteiger partial charge in [0.1, 0.15) is 11.5 Å². The molecule has 2 aromatic rings. The van der Waals surface area contributed by atoms with Crippen LogP contribution in [0.15, 0.2) is 28.8 Å². The molecule has 1 atom stereocenters. The molecule has 0 aliphatic heterocycles. The van der Waals surface area contributed by atoms with Gasteiger partial charge in [-0.3, -0.25) is 0 Å². The molecular weight excluding hydrogens is 240 g/mol. The Hall–Kier alpha value is -1.81. The third-order valence-corrected chi connectivity index (χ3v) is 3.08. The highest BCUT2D eigenvalue weighted by Gasteiger charge is 2.12. The Bertz CT molecular complexity index is 549. The molecule has 0 amide bonds. The standard InChI is InChI=1S/C15H20N2O2/c1-10-5-6-14(18-4)13(7-10)12(3)16-9-15-17-8-11(2)19-15/h5-8,12,16H,9H2,1-4H3. The Balaban J connectivity index is 2.06. The number of nitrogens with one attached hydrogen (secondary N) is 1. The van der Waals surface area contributed by atoms with Crippen LogP contribution in [-0.4, -0.2) is 12.1 Å². The van der Waals surface area contributed by atoms with Gasteiger partial charge < -0.3 is 14.5 Å². The third-order valence-electron chi connectivity index (χ3n) is 3.08. The SMILES string of the molecule is COc1ccc(C)cc1C(C)NCc1ncc(C)o1. The van der Waals surface area contributed by atoms with Gasteiger partial charge in [0.15, 0.2) is 0 Å². The Morgan fingerprint density at radius 2 is 2.16 bits per heavy atom. The summed E-state index contributed by atoms with van der Waals surface area (Å²) in [5, 5.41) is 3.39. The monoisotopic (exact) mass is 260 g/mol. The van der Waals surface area contributed by atoms with Gasteiger partial charge in [0, 0.05) is 11.6 Å². The van der Waals surface area contributed by atoms with E-state index in [4.69, 9.17) is 9.15 Å². The van der Waals surface area contributed by atoms with E-state index in [-0.39, 0.29) is 6.04 Å². The maximum atomic E-state index is 5.45. The van der Waals surface area contributed by atoms with Gasteiger partial charge in [0.25, 0.3) is 0 Å². The largest absolute Gasteiger partial charge is 0.496 e. The first-order chi connectivity index (χ1) is 9.10. The molecule has 0 spiro atoms. The summed E-state index contributed by atoms with van der Waals surface area (Å²) in [4.78, 5) is 4.18. The summed E-state index contributed by atoms with van der Waals surface area (Å²) in [7, 11) is 1.69. The zero-order valence-corrected chi connectivity index (χ0v) is 11.9. The predicted molar refractivity (Wildman–Crippen MR) is 74.2 cm³/mol. The number of nitrogens with zero attached hydrogens (tertiary/aromatic N) is 1. The first-order valence-corrected chi connectivity index (χ1v) is 6.39. The number of hydrogen-bond acceptors (Lipinski definition) is 4. The number of hydrogen-bond donors (Lipinski definition) is 1.